The Morgan fingerprint density at radius 3 is 2.81 bits per heavy atom. The number of aryl methyl sites for hydroxylation is 1. The Bertz CT molecular complexity index is 1170. The highest BCUT2D eigenvalue weighted by atomic mass is 16.4. The molecule has 2 aromatic carbocycles. The molecular formula is C21H18N2O3. The minimum absolute atomic E-state index is 0.0282. The molecule has 26 heavy (non-hydrogen) atoms. The Kier molecular flexibility index (Phi) is 4.05. The summed E-state index contributed by atoms with van der Waals surface area (Å²) in [5.74, 6) is -0.414. The van der Waals surface area contributed by atoms with E-state index < -0.39 is 11.5 Å². The predicted octanol–water partition coefficient (Wildman–Crippen LogP) is 3.56. The van der Waals surface area contributed by atoms with E-state index in [1.165, 1.54) is 0 Å². The van der Waals surface area contributed by atoms with E-state index in [0.29, 0.717) is 18.5 Å². The smallest absolute Gasteiger partial charge is 0.349 e. The summed E-state index contributed by atoms with van der Waals surface area (Å²) in [4.78, 5) is 27.7. The minimum atomic E-state index is -0.620. The van der Waals surface area contributed by atoms with Crippen LogP contribution in [0.15, 0.2) is 63.8 Å². The quantitative estimate of drug-likeness (QED) is 0.555. The molecule has 5 nitrogen and oxygen atoms in total. The zero-order valence-corrected chi connectivity index (χ0v) is 14.3. The molecule has 0 fully saturated rings. The summed E-state index contributed by atoms with van der Waals surface area (Å²) in [5.41, 5.74) is 3.23. The van der Waals surface area contributed by atoms with Crippen LogP contribution in [0.2, 0.25) is 0 Å². The number of hydrogen-bond acceptors (Lipinski definition) is 3. The first-order valence-electron chi connectivity index (χ1n) is 8.49. The van der Waals surface area contributed by atoms with Crippen molar-refractivity contribution in [1.82, 2.24) is 10.3 Å². The lowest BCUT2D eigenvalue weighted by molar-refractivity contribution is 0.0950. The van der Waals surface area contributed by atoms with E-state index in [9.17, 15) is 9.59 Å². The minimum Gasteiger partial charge on any atom is -0.422 e. The predicted molar refractivity (Wildman–Crippen MR) is 102 cm³/mol. The van der Waals surface area contributed by atoms with Crippen molar-refractivity contribution in [3.05, 3.63) is 81.8 Å². The maximum absolute atomic E-state index is 12.3. The molecule has 4 rings (SSSR count). The number of carbonyl (C=O) groups excluding carboxylic acids is 1. The van der Waals surface area contributed by atoms with Gasteiger partial charge in [0.2, 0.25) is 0 Å². The molecule has 0 unspecified atom stereocenters. The van der Waals surface area contributed by atoms with E-state index in [0.717, 1.165) is 27.5 Å². The van der Waals surface area contributed by atoms with Gasteiger partial charge in [-0.3, -0.25) is 4.79 Å². The number of hydrogen-bond donors (Lipinski definition) is 2. The summed E-state index contributed by atoms with van der Waals surface area (Å²) in [7, 11) is 0. The Labute approximate surface area is 149 Å². The van der Waals surface area contributed by atoms with Crippen LogP contribution in [0, 0.1) is 6.92 Å². The molecule has 2 N–H and O–H groups in total. The number of H-pyrrole nitrogens is 1. The standard InChI is InChI=1S/C21H18N2O3/c1-13-10-16-11-14(6-7-18(16)23-13)8-9-22-20(24)17-12-15-4-2-3-5-19(15)26-21(17)25/h2-7,10-12,23H,8-9H2,1H3,(H,22,24). The average molecular weight is 346 g/mol. The normalized spacial score (nSPS) is 11.1. The van der Waals surface area contributed by atoms with Gasteiger partial charge in [-0.15, -0.1) is 0 Å². The number of aromatic nitrogens is 1. The topological polar surface area (TPSA) is 75.1 Å². The molecule has 0 spiro atoms. The highest BCUT2D eigenvalue weighted by Crippen LogP contribution is 2.17. The van der Waals surface area contributed by atoms with Crippen LogP contribution in [0.3, 0.4) is 0 Å². The van der Waals surface area contributed by atoms with E-state index >= 15 is 0 Å². The third-order valence-electron chi connectivity index (χ3n) is 4.41. The fourth-order valence-corrected chi connectivity index (χ4v) is 3.12. The Hall–Kier alpha value is -3.34. The molecule has 0 bridgehead atoms. The number of benzene rings is 2. The fourth-order valence-electron chi connectivity index (χ4n) is 3.12. The van der Waals surface area contributed by atoms with Crippen molar-refractivity contribution in [3.63, 3.8) is 0 Å². The van der Waals surface area contributed by atoms with Crippen LogP contribution in [0.5, 0.6) is 0 Å². The molecule has 5 heteroatoms. The van der Waals surface area contributed by atoms with Gasteiger partial charge in [0, 0.05) is 23.1 Å². The first-order chi connectivity index (χ1) is 12.6. The number of carbonyl (C=O) groups is 1. The largest absolute Gasteiger partial charge is 0.422 e. The van der Waals surface area contributed by atoms with Gasteiger partial charge in [0.25, 0.3) is 5.91 Å². The van der Waals surface area contributed by atoms with Crippen molar-refractivity contribution in [1.29, 1.82) is 0 Å². The molecule has 0 atom stereocenters. The summed E-state index contributed by atoms with van der Waals surface area (Å²) in [6.07, 6.45) is 0.685. The van der Waals surface area contributed by atoms with Crippen molar-refractivity contribution in [2.24, 2.45) is 0 Å². The first-order valence-corrected chi connectivity index (χ1v) is 8.49. The molecule has 0 radical (unpaired) electrons. The van der Waals surface area contributed by atoms with Crippen LogP contribution in [0.1, 0.15) is 21.6 Å². The summed E-state index contributed by atoms with van der Waals surface area (Å²) in [5, 5.41) is 4.68. The van der Waals surface area contributed by atoms with Gasteiger partial charge in [0.15, 0.2) is 0 Å². The lowest BCUT2D eigenvalue weighted by atomic mass is 10.1. The van der Waals surface area contributed by atoms with Crippen molar-refractivity contribution < 1.29 is 9.21 Å². The summed E-state index contributed by atoms with van der Waals surface area (Å²) >= 11 is 0. The van der Waals surface area contributed by atoms with E-state index in [4.69, 9.17) is 4.42 Å². The molecular weight excluding hydrogens is 328 g/mol. The molecule has 0 aliphatic rings. The van der Waals surface area contributed by atoms with Crippen LogP contribution in [-0.2, 0) is 6.42 Å². The molecule has 1 amide bonds. The van der Waals surface area contributed by atoms with Gasteiger partial charge in [-0.2, -0.15) is 0 Å². The van der Waals surface area contributed by atoms with Crippen LogP contribution in [0.25, 0.3) is 21.9 Å². The van der Waals surface area contributed by atoms with Crippen LogP contribution in [0.4, 0.5) is 0 Å². The second-order valence-corrected chi connectivity index (χ2v) is 6.37. The Balaban J connectivity index is 1.46. The van der Waals surface area contributed by atoms with Gasteiger partial charge in [-0.25, -0.2) is 4.79 Å². The number of nitrogens with one attached hydrogen (secondary N) is 2. The highest BCUT2D eigenvalue weighted by molar-refractivity contribution is 5.96. The Morgan fingerprint density at radius 1 is 1.08 bits per heavy atom. The molecule has 130 valence electrons. The maximum Gasteiger partial charge on any atom is 0.349 e. The number of fused-ring (bicyclic) bond motifs is 2. The number of amides is 1. The molecule has 2 aromatic heterocycles. The third kappa shape index (κ3) is 3.11. The number of para-hydroxylation sites is 1. The Morgan fingerprint density at radius 2 is 1.92 bits per heavy atom. The molecule has 0 saturated carbocycles. The van der Waals surface area contributed by atoms with E-state index in [2.05, 4.69) is 22.4 Å². The fraction of sp³-hybridized carbons (Fsp3) is 0.143. The van der Waals surface area contributed by atoms with E-state index in [1.807, 2.05) is 31.2 Å². The molecule has 2 heterocycles. The maximum atomic E-state index is 12.3. The highest BCUT2D eigenvalue weighted by Gasteiger charge is 2.13. The first kappa shape index (κ1) is 16.1. The van der Waals surface area contributed by atoms with Gasteiger partial charge < -0.3 is 14.7 Å². The SMILES string of the molecule is Cc1cc2cc(CCNC(=O)c3cc4ccccc4oc3=O)ccc2[nH]1. The molecule has 0 aliphatic heterocycles. The number of aromatic amines is 1. The van der Waals surface area contributed by atoms with E-state index in [1.54, 1.807) is 18.2 Å². The number of rotatable bonds is 4. The lowest BCUT2D eigenvalue weighted by Gasteiger charge is -2.06. The van der Waals surface area contributed by atoms with Crippen molar-refractivity contribution >= 4 is 27.8 Å². The van der Waals surface area contributed by atoms with Crippen molar-refractivity contribution in [2.45, 2.75) is 13.3 Å². The second-order valence-electron chi connectivity index (χ2n) is 6.37. The van der Waals surface area contributed by atoms with Crippen LogP contribution >= 0.6 is 0 Å². The third-order valence-corrected chi connectivity index (χ3v) is 4.41. The average Bonchev–Trinajstić information content (AvgIpc) is 3.00. The van der Waals surface area contributed by atoms with Gasteiger partial charge in [-0.05, 0) is 54.6 Å². The monoisotopic (exact) mass is 346 g/mol. The van der Waals surface area contributed by atoms with Gasteiger partial charge in [0.1, 0.15) is 11.1 Å². The van der Waals surface area contributed by atoms with Crippen LogP contribution in [-0.4, -0.2) is 17.4 Å². The molecule has 0 saturated heterocycles. The van der Waals surface area contributed by atoms with Crippen molar-refractivity contribution in [3.8, 4) is 0 Å². The lowest BCUT2D eigenvalue weighted by Crippen LogP contribution is -2.29. The second kappa shape index (κ2) is 6.52. The summed E-state index contributed by atoms with van der Waals surface area (Å²) in [6, 6.07) is 17.0. The molecule has 0 aliphatic carbocycles. The molecule has 4 aromatic rings. The summed E-state index contributed by atoms with van der Waals surface area (Å²) < 4.78 is 5.21. The zero-order chi connectivity index (χ0) is 18.1. The van der Waals surface area contributed by atoms with Gasteiger partial charge >= 0.3 is 5.63 Å². The zero-order valence-electron chi connectivity index (χ0n) is 14.3. The van der Waals surface area contributed by atoms with Crippen LogP contribution < -0.4 is 10.9 Å². The summed E-state index contributed by atoms with van der Waals surface area (Å²) in [6.45, 7) is 2.47. The van der Waals surface area contributed by atoms with Crippen molar-refractivity contribution in [2.75, 3.05) is 6.54 Å². The van der Waals surface area contributed by atoms with Gasteiger partial charge in [-0.1, -0.05) is 24.3 Å². The van der Waals surface area contributed by atoms with Gasteiger partial charge in [0.05, 0.1) is 0 Å². The van der Waals surface area contributed by atoms with E-state index in [-0.39, 0.29) is 5.56 Å².